The van der Waals surface area contributed by atoms with Crippen molar-refractivity contribution in [2.24, 2.45) is 10.9 Å². The minimum Gasteiger partial charge on any atom is -0.409 e. The molecule has 0 saturated heterocycles. The van der Waals surface area contributed by atoms with E-state index in [2.05, 4.69) is 24.3 Å². The highest BCUT2D eigenvalue weighted by atomic mass is 16.5. The Morgan fingerprint density at radius 1 is 1.44 bits per heavy atom. The second kappa shape index (κ2) is 6.37. The molecule has 0 aliphatic heterocycles. The predicted octanol–water partition coefficient (Wildman–Crippen LogP) is 1.30. The van der Waals surface area contributed by atoms with Gasteiger partial charge in [-0.15, -0.1) is 0 Å². The number of nitrogens with zero attached hydrogens (tertiary/aromatic N) is 1. The Labute approximate surface area is 108 Å². The molecule has 0 aliphatic carbocycles. The number of rotatable bonds is 6. The maximum absolute atomic E-state index is 8.75. The summed E-state index contributed by atoms with van der Waals surface area (Å²) in [6, 6.07) is 7.56. The van der Waals surface area contributed by atoms with Crippen molar-refractivity contribution in [2.75, 3.05) is 13.7 Å². The molecule has 0 fully saturated rings. The van der Waals surface area contributed by atoms with Gasteiger partial charge in [-0.2, -0.15) is 0 Å². The molecular formula is C13H21N3O2. The van der Waals surface area contributed by atoms with E-state index in [1.807, 2.05) is 24.3 Å². The van der Waals surface area contributed by atoms with Gasteiger partial charge in [0.2, 0.25) is 0 Å². The maximum Gasteiger partial charge on any atom is 0.170 e. The van der Waals surface area contributed by atoms with Crippen molar-refractivity contribution in [1.29, 1.82) is 0 Å². The molecule has 0 bridgehead atoms. The largest absolute Gasteiger partial charge is 0.409 e. The molecule has 5 nitrogen and oxygen atoms in total. The van der Waals surface area contributed by atoms with Gasteiger partial charge in [0.05, 0.1) is 6.61 Å². The fourth-order valence-corrected chi connectivity index (χ4v) is 1.72. The Bertz CT molecular complexity index is 416. The third kappa shape index (κ3) is 4.01. The third-order valence-electron chi connectivity index (χ3n) is 2.66. The zero-order valence-corrected chi connectivity index (χ0v) is 11.1. The molecule has 0 unspecified atom stereocenters. The van der Waals surface area contributed by atoms with E-state index in [1.54, 1.807) is 7.11 Å². The number of benzene rings is 1. The molecule has 0 radical (unpaired) electrons. The minimum atomic E-state index is -0.132. The standard InChI is InChI=1S/C13H21N3O2/c1-13(2,9-18-3)15-8-10-6-4-5-7-11(10)12(14)16-17/h4-7,15,17H,8-9H2,1-3H3,(H2,14,16). The fourth-order valence-electron chi connectivity index (χ4n) is 1.72. The lowest BCUT2D eigenvalue weighted by Gasteiger charge is -2.26. The number of ether oxygens (including phenoxy) is 1. The van der Waals surface area contributed by atoms with E-state index in [1.165, 1.54) is 0 Å². The predicted molar refractivity (Wildman–Crippen MR) is 71.7 cm³/mol. The maximum atomic E-state index is 8.75. The summed E-state index contributed by atoms with van der Waals surface area (Å²) >= 11 is 0. The van der Waals surface area contributed by atoms with Gasteiger partial charge in [0.15, 0.2) is 5.84 Å². The van der Waals surface area contributed by atoms with Crippen LogP contribution in [-0.2, 0) is 11.3 Å². The molecule has 0 aromatic heterocycles. The van der Waals surface area contributed by atoms with E-state index in [0.717, 1.165) is 11.1 Å². The van der Waals surface area contributed by atoms with E-state index in [-0.39, 0.29) is 11.4 Å². The van der Waals surface area contributed by atoms with Crippen molar-refractivity contribution < 1.29 is 9.94 Å². The zero-order chi connectivity index (χ0) is 13.6. The first-order valence-electron chi connectivity index (χ1n) is 5.80. The number of nitrogens with two attached hydrogens (primary N) is 1. The van der Waals surface area contributed by atoms with Crippen molar-refractivity contribution in [2.45, 2.75) is 25.9 Å². The number of hydrogen-bond donors (Lipinski definition) is 3. The highest BCUT2D eigenvalue weighted by Crippen LogP contribution is 2.11. The highest BCUT2D eigenvalue weighted by Gasteiger charge is 2.17. The molecule has 1 aromatic carbocycles. The lowest BCUT2D eigenvalue weighted by atomic mass is 10.0. The molecule has 100 valence electrons. The quantitative estimate of drug-likeness (QED) is 0.308. The number of methoxy groups -OCH3 is 1. The molecule has 1 aromatic rings. The van der Waals surface area contributed by atoms with Crippen LogP contribution in [0.25, 0.3) is 0 Å². The van der Waals surface area contributed by atoms with Crippen LogP contribution in [0.2, 0.25) is 0 Å². The molecule has 5 heteroatoms. The summed E-state index contributed by atoms with van der Waals surface area (Å²) in [7, 11) is 1.67. The molecule has 1 rings (SSSR count). The summed E-state index contributed by atoms with van der Waals surface area (Å²) in [6.45, 7) is 5.35. The van der Waals surface area contributed by atoms with Gasteiger partial charge in [-0.1, -0.05) is 29.4 Å². The Balaban J connectivity index is 2.79. The second-order valence-corrected chi connectivity index (χ2v) is 4.81. The average molecular weight is 251 g/mol. The SMILES string of the molecule is COCC(C)(C)NCc1ccccc1/C(N)=N/O. The van der Waals surface area contributed by atoms with Crippen molar-refractivity contribution in [3.05, 3.63) is 35.4 Å². The topological polar surface area (TPSA) is 79.9 Å². The lowest BCUT2D eigenvalue weighted by Crippen LogP contribution is -2.43. The van der Waals surface area contributed by atoms with Crippen molar-refractivity contribution >= 4 is 5.84 Å². The molecule has 0 aliphatic rings. The first-order chi connectivity index (χ1) is 8.50. The summed E-state index contributed by atoms with van der Waals surface area (Å²) in [5.74, 6) is 0.122. The second-order valence-electron chi connectivity index (χ2n) is 4.81. The van der Waals surface area contributed by atoms with Gasteiger partial charge in [-0.25, -0.2) is 0 Å². The van der Waals surface area contributed by atoms with E-state index < -0.39 is 0 Å². The summed E-state index contributed by atoms with van der Waals surface area (Å²) in [4.78, 5) is 0. The summed E-state index contributed by atoms with van der Waals surface area (Å²) in [6.07, 6.45) is 0. The van der Waals surface area contributed by atoms with E-state index in [4.69, 9.17) is 15.7 Å². The van der Waals surface area contributed by atoms with Gasteiger partial charge in [0.25, 0.3) is 0 Å². The van der Waals surface area contributed by atoms with Gasteiger partial charge in [-0.3, -0.25) is 0 Å². The minimum absolute atomic E-state index is 0.122. The van der Waals surface area contributed by atoms with Gasteiger partial charge >= 0.3 is 0 Å². The first kappa shape index (κ1) is 14.5. The molecular weight excluding hydrogens is 230 g/mol. The smallest absolute Gasteiger partial charge is 0.170 e. The van der Waals surface area contributed by atoms with Crippen molar-refractivity contribution in [3.8, 4) is 0 Å². The lowest BCUT2D eigenvalue weighted by molar-refractivity contribution is 0.127. The normalized spacial score (nSPS) is 12.7. The van der Waals surface area contributed by atoms with Crippen LogP contribution in [0.15, 0.2) is 29.4 Å². The van der Waals surface area contributed by atoms with Crippen LogP contribution in [0.4, 0.5) is 0 Å². The van der Waals surface area contributed by atoms with Crippen LogP contribution < -0.4 is 11.1 Å². The number of amidine groups is 1. The van der Waals surface area contributed by atoms with Crippen LogP contribution in [0, 0.1) is 0 Å². The third-order valence-corrected chi connectivity index (χ3v) is 2.66. The Kier molecular flexibility index (Phi) is 5.12. The van der Waals surface area contributed by atoms with Crippen molar-refractivity contribution in [1.82, 2.24) is 5.32 Å². The van der Waals surface area contributed by atoms with Gasteiger partial charge in [-0.05, 0) is 19.4 Å². The first-order valence-corrected chi connectivity index (χ1v) is 5.80. The van der Waals surface area contributed by atoms with E-state index >= 15 is 0 Å². The van der Waals surface area contributed by atoms with E-state index in [0.29, 0.717) is 13.2 Å². The average Bonchev–Trinajstić information content (AvgIpc) is 2.36. The number of oxime groups is 1. The van der Waals surface area contributed by atoms with Crippen LogP contribution in [-0.4, -0.2) is 30.3 Å². The number of hydrogen-bond acceptors (Lipinski definition) is 4. The molecule has 0 heterocycles. The van der Waals surface area contributed by atoms with Crippen LogP contribution in [0.1, 0.15) is 25.0 Å². The Hall–Kier alpha value is -1.59. The zero-order valence-electron chi connectivity index (χ0n) is 11.1. The van der Waals surface area contributed by atoms with Crippen molar-refractivity contribution in [3.63, 3.8) is 0 Å². The van der Waals surface area contributed by atoms with E-state index in [9.17, 15) is 0 Å². The van der Waals surface area contributed by atoms with Gasteiger partial charge in [0, 0.05) is 24.8 Å². The Morgan fingerprint density at radius 3 is 2.72 bits per heavy atom. The fraction of sp³-hybridized carbons (Fsp3) is 0.462. The van der Waals surface area contributed by atoms with Crippen LogP contribution in [0.3, 0.4) is 0 Å². The Morgan fingerprint density at radius 2 is 2.11 bits per heavy atom. The van der Waals surface area contributed by atoms with Crippen LogP contribution >= 0.6 is 0 Å². The van der Waals surface area contributed by atoms with Gasteiger partial charge < -0.3 is 21.0 Å². The monoisotopic (exact) mass is 251 g/mol. The summed E-state index contributed by atoms with van der Waals surface area (Å²) in [5, 5.41) is 15.2. The summed E-state index contributed by atoms with van der Waals surface area (Å²) in [5.41, 5.74) is 7.23. The molecule has 0 saturated carbocycles. The molecule has 18 heavy (non-hydrogen) atoms. The van der Waals surface area contributed by atoms with Gasteiger partial charge in [0.1, 0.15) is 0 Å². The highest BCUT2D eigenvalue weighted by molar-refractivity contribution is 5.98. The molecule has 0 atom stereocenters. The van der Waals surface area contributed by atoms with Crippen LogP contribution in [0.5, 0.6) is 0 Å². The molecule has 0 amide bonds. The summed E-state index contributed by atoms with van der Waals surface area (Å²) < 4.78 is 5.14. The molecule has 0 spiro atoms. The number of nitrogens with one attached hydrogen (secondary N) is 1. The molecule has 4 N–H and O–H groups in total.